The van der Waals surface area contributed by atoms with Gasteiger partial charge in [-0.3, -0.25) is 14.5 Å². The number of alkyl halides is 3. The normalized spacial score (nSPS) is 15.9. The van der Waals surface area contributed by atoms with Gasteiger partial charge in [0, 0.05) is 39.3 Å². The van der Waals surface area contributed by atoms with Crippen LogP contribution in [0.1, 0.15) is 34.6 Å². The Bertz CT molecular complexity index is 1560. The van der Waals surface area contributed by atoms with Crippen molar-refractivity contribution in [2.24, 2.45) is 0 Å². The smallest absolute Gasteiger partial charge is 0.361 e. The third-order valence-corrected chi connectivity index (χ3v) is 8.81. The van der Waals surface area contributed by atoms with Gasteiger partial charge >= 0.3 is 6.18 Å². The molecule has 3 aromatic heterocycles. The third-order valence-electron chi connectivity index (χ3n) is 7.11. The zero-order valence-corrected chi connectivity index (χ0v) is 24.7. The van der Waals surface area contributed by atoms with Crippen LogP contribution in [0.2, 0.25) is 25.7 Å². The first-order valence-corrected chi connectivity index (χ1v) is 17.2. The number of aromatic nitrogens is 5. The van der Waals surface area contributed by atoms with Crippen molar-refractivity contribution in [2.75, 3.05) is 18.1 Å². The molecule has 4 aromatic rings. The molecule has 0 aliphatic carbocycles. The molecular weight excluding hydrogens is 549 g/mol. The minimum atomic E-state index is -4.46. The molecule has 41 heavy (non-hydrogen) atoms. The van der Waals surface area contributed by atoms with Crippen molar-refractivity contribution >= 4 is 19.7 Å². The van der Waals surface area contributed by atoms with Crippen molar-refractivity contribution in [3.63, 3.8) is 0 Å². The number of carbonyl (C=O) groups excluding carboxylic acids is 1. The molecule has 5 rings (SSSR count). The molecular formula is C29H33F3N6O2Si. The van der Waals surface area contributed by atoms with Gasteiger partial charge in [-0.1, -0.05) is 25.7 Å². The molecule has 1 atom stereocenters. The maximum atomic E-state index is 13.9. The summed E-state index contributed by atoms with van der Waals surface area (Å²) in [6, 6.07) is 10.2. The first-order valence-electron chi connectivity index (χ1n) is 13.5. The first kappa shape index (κ1) is 28.7. The molecule has 4 heterocycles. The largest absolute Gasteiger partial charge is 0.416 e. The van der Waals surface area contributed by atoms with Crippen LogP contribution in [0, 0.1) is 6.92 Å². The molecule has 0 unspecified atom stereocenters. The van der Waals surface area contributed by atoms with Gasteiger partial charge in [-0.2, -0.15) is 18.3 Å². The van der Waals surface area contributed by atoms with Crippen LogP contribution in [0.3, 0.4) is 0 Å². The lowest BCUT2D eigenvalue weighted by atomic mass is 10.0. The third kappa shape index (κ3) is 5.98. The maximum absolute atomic E-state index is 13.9. The fourth-order valence-corrected chi connectivity index (χ4v) is 5.65. The number of amides is 1. The van der Waals surface area contributed by atoms with Gasteiger partial charge in [0.25, 0.3) is 5.91 Å². The van der Waals surface area contributed by atoms with Crippen LogP contribution in [0.4, 0.5) is 18.9 Å². The van der Waals surface area contributed by atoms with Gasteiger partial charge in [-0.05, 0) is 55.8 Å². The van der Waals surface area contributed by atoms with Crippen LogP contribution < -0.4 is 4.90 Å². The fraction of sp³-hybridized carbons (Fsp3) is 0.379. The molecule has 0 fully saturated rings. The number of pyridine rings is 1. The molecule has 1 aliphatic rings. The van der Waals surface area contributed by atoms with E-state index in [0.717, 1.165) is 12.1 Å². The highest BCUT2D eigenvalue weighted by molar-refractivity contribution is 6.76. The molecule has 12 heteroatoms. The number of rotatable bonds is 8. The fourth-order valence-electron chi connectivity index (χ4n) is 4.89. The summed E-state index contributed by atoms with van der Waals surface area (Å²) in [4.78, 5) is 24.7. The van der Waals surface area contributed by atoms with E-state index in [2.05, 4.69) is 29.7 Å². The lowest BCUT2D eigenvalue weighted by Gasteiger charge is -2.32. The number of anilines is 1. The second-order valence-electron chi connectivity index (χ2n) is 11.6. The Morgan fingerprint density at radius 3 is 2.56 bits per heavy atom. The van der Waals surface area contributed by atoms with Crippen molar-refractivity contribution in [3.05, 3.63) is 71.8 Å². The van der Waals surface area contributed by atoms with Gasteiger partial charge in [0.2, 0.25) is 0 Å². The van der Waals surface area contributed by atoms with E-state index in [4.69, 9.17) is 9.72 Å². The van der Waals surface area contributed by atoms with E-state index in [1.165, 1.54) is 24.0 Å². The van der Waals surface area contributed by atoms with Crippen LogP contribution in [0.15, 0.2) is 55.0 Å². The zero-order valence-electron chi connectivity index (χ0n) is 23.7. The molecule has 0 saturated carbocycles. The summed E-state index contributed by atoms with van der Waals surface area (Å²) in [5.74, 6) is 0.246. The van der Waals surface area contributed by atoms with Gasteiger partial charge in [0.05, 0.1) is 29.1 Å². The summed E-state index contributed by atoms with van der Waals surface area (Å²) in [6.07, 6.45) is 0.675. The molecule has 0 saturated heterocycles. The summed E-state index contributed by atoms with van der Waals surface area (Å²) < 4.78 is 49.6. The number of imidazole rings is 1. The van der Waals surface area contributed by atoms with Crippen LogP contribution in [-0.2, 0) is 17.6 Å². The van der Waals surface area contributed by atoms with E-state index < -0.39 is 19.8 Å². The second kappa shape index (κ2) is 10.9. The molecule has 1 aliphatic heterocycles. The topological polar surface area (TPSA) is 78.1 Å². The van der Waals surface area contributed by atoms with Crippen LogP contribution >= 0.6 is 0 Å². The first-order chi connectivity index (χ1) is 19.3. The SMILES string of the molecule is Cc1cc(N2C[C@H](C)n3ncc(-c4cn(COCC[Si](C)(C)C)c(-c5ccccn5)n4)c3C2=O)ccc1C(F)(F)F. The second-order valence-corrected chi connectivity index (χ2v) is 17.2. The van der Waals surface area contributed by atoms with Crippen molar-refractivity contribution in [3.8, 4) is 22.8 Å². The number of ether oxygens (including phenoxy) is 1. The van der Waals surface area contributed by atoms with Gasteiger partial charge < -0.3 is 14.2 Å². The Balaban J connectivity index is 1.50. The molecule has 1 aromatic carbocycles. The molecule has 0 spiro atoms. The number of hydrogen-bond acceptors (Lipinski definition) is 5. The average Bonchev–Trinajstić information content (AvgIpc) is 3.53. The minimum Gasteiger partial charge on any atom is -0.361 e. The highest BCUT2D eigenvalue weighted by Crippen LogP contribution is 2.37. The molecule has 8 nitrogen and oxygen atoms in total. The number of carbonyl (C=O) groups is 1. The standard InChI is InChI=1S/C29H33F3N6O2Si/c1-19-14-21(9-10-23(19)29(30,31)32)37-16-20(2)38-26(28(37)39)22(15-34-38)25-17-36(18-40-12-13-41(3,4)5)27(35-25)24-8-6-7-11-33-24/h6-11,14-15,17,20H,12-13,16,18H2,1-5H3/t20-/m0/s1. The van der Waals surface area contributed by atoms with Gasteiger partial charge in [0.1, 0.15) is 18.1 Å². The van der Waals surface area contributed by atoms with E-state index in [9.17, 15) is 18.0 Å². The molecule has 0 radical (unpaired) electrons. The van der Waals surface area contributed by atoms with Crippen LogP contribution in [0.5, 0.6) is 0 Å². The molecule has 1 amide bonds. The lowest BCUT2D eigenvalue weighted by Crippen LogP contribution is -2.42. The Labute approximate surface area is 237 Å². The van der Waals surface area contributed by atoms with E-state index in [1.54, 1.807) is 17.1 Å². The highest BCUT2D eigenvalue weighted by Gasteiger charge is 2.36. The average molecular weight is 583 g/mol. The molecule has 0 bridgehead atoms. The maximum Gasteiger partial charge on any atom is 0.416 e. The van der Waals surface area contributed by atoms with E-state index in [0.29, 0.717) is 40.8 Å². The number of benzene rings is 1. The summed E-state index contributed by atoms with van der Waals surface area (Å²) in [6.45, 7) is 11.4. The number of halogens is 3. The number of fused-ring (bicyclic) bond motifs is 1. The van der Waals surface area contributed by atoms with Crippen LogP contribution in [-0.4, -0.2) is 51.4 Å². The van der Waals surface area contributed by atoms with Gasteiger partial charge in [-0.25, -0.2) is 4.98 Å². The molecule has 216 valence electrons. The van der Waals surface area contributed by atoms with E-state index in [1.807, 2.05) is 35.9 Å². The Morgan fingerprint density at radius 2 is 1.90 bits per heavy atom. The van der Waals surface area contributed by atoms with Crippen molar-refractivity contribution in [2.45, 2.75) is 58.5 Å². The quantitative estimate of drug-likeness (QED) is 0.171. The van der Waals surface area contributed by atoms with Gasteiger partial charge in [-0.15, -0.1) is 0 Å². The summed E-state index contributed by atoms with van der Waals surface area (Å²) >= 11 is 0. The number of aryl methyl sites for hydroxylation is 1. The monoisotopic (exact) mass is 582 g/mol. The summed E-state index contributed by atoms with van der Waals surface area (Å²) in [5.41, 5.74) is 1.81. The summed E-state index contributed by atoms with van der Waals surface area (Å²) in [5, 5.41) is 4.50. The van der Waals surface area contributed by atoms with E-state index >= 15 is 0 Å². The minimum absolute atomic E-state index is 0.0580. The highest BCUT2D eigenvalue weighted by atomic mass is 28.3. The Morgan fingerprint density at radius 1 is 1.12 bits per heavy atom. The Hall–Kier alpha value is -3.77. The Kier molecular flexibility index (Phi) is 7.64. The predicted octanol–water partition coefficient (Wildman–Crippen LogP) is 6.67. The zero-order chi connectivity index (χ0) is 29.5. The van der Waals surface area contributed by atoms with Crippen molar-refractivity contribution in [1.29, 1.82) is 0 Å². The summed E-state index contributed by atoms with van der Waals surface area (Å²) in [7, 11) is -1.26. The lowest BCUT2D eigenvalue weighted by molar-refractivity contribution is -0.138. The van der Waals surface area contributed by atoms with Crippen LogP contribution in [0.25, 0.3) is 22.8 Å². The predicted molar refractivity (Wildman–Crippen MR) is 153 cm³/mol. The van der Waals surface area contributed by atoms with Crippen molar-refractivity contribution in [1.82, 2.24) is 24.3 Å². The van der Waals surface area contributed by atoms with Gasteiger partial charge in [0.15, 0.2) is 5.82 Å². The number of nitrogens with zero attached hydrogens (tertiary/aromatic N) is 6. The molecule has 0 N–H and O–H groups in total. The van der Waals surface area contributed by atoms with E-state index in [-0.39, 0.29) is 30.8 Å². The number of hydrogen-bond donors (Lipinski definition) is 0. The van der Waals surface area contributed by atoms with Crippen molar-refractivity contribution < 1.29 is 22.7 Å².